The lowest BCUT2D eigenvalue weighted by atomic mass is 10.1. The van der Waals surface area contributed by atoms with Crippen LogP contribution >= 0.6 is 0 Å². The molecule has 0 spiro atoms. The molecular formula is C26H47IN2O. The number of halogens is 1. The maximum absolute atomic E-state index is 12.8. The Morgan fingerprint density at radius 2 is 1.27 bits per heavy atom. The zero-order valence-corrected chi connectivity index (χ0v) is 22.5. The summed E-state index contributed by atoms with van der Waals surface area (Å²) in [6.07, 6.45) is 13.6. The van der Waals surface area contributed by atoms with Gasteiger partial charge in [0.2, 0.25) is 0 Å². The summed E-state index contributed by atoms with van der Waals surface area (Å²) in [5.41, 5.74) is 3.26. The Morgan fingerprint density at radius 1 is 0.800 bits per heavy atom. The number of aryl methyl sites for hydroxylation is 2. The molecule has 3 nitrogen and oxygen atoms in total. The minimum atomic E-state index is 0. The molecule has 0 aliphatic heterocycles. The average molecular weight is 531 g/mol. The van der Waals surface area contributed by atoms with Crippen LogP contribution in [0.15, 0.2) is 18.2 Å². The maximum atomic E-state index is 12.8. The third-order valence-electron chi connectivity index (χ3n) is 6.55. The van der Waals surface area contributed by atoms with Crippen LogP contribution in [0, 0.1) is 13.8 Å². The van der Waals surface area contributed by atoms with Crippen molar-refractivity contribution in [2.75, 3.05) is 31.5 Å². The molecule has 4 heteroatoms. The highest BCUT2D eigenvalue weighted by molar-refractivity contribution is 5.93. The van der Waals surface area contributed by atoms with E-state index in [1.165, 1.54) is 64.2 Å². The Labute approximate surface area is 204 Å². The summed E-state index contributed by atoms with van der Waals surface area (Å²) in [4.78, 5) is 12.8. The summed E-state index contributed by atoms with van der Waals surface area (Å²) in [5, 5.41) is 3.19. The van der Waals surface area contributed by atoms with Gasteiger partial charge in [-0.3, -0.25) is 4.79 Å². The second kappa shape index (κ2) is 17.0. The van der Waals surface area contributed by atoms with Crippen molar-refractivity contribution in [1.29, 1.82) is 0 Å². The lowest BCUT2D eigenvalue weighted by molar-refractivity contribution is -0.917. The number of benzene rings is 1. The summed E-state index contributed by atoms with van der Waals surface area (Å²) in [6.45, 7) is 14.6. The summed E-state index contributed by atoms with van der Waals surface area (Å²) < 4.78 is 0.897. The van der Waals surface area contributed by atoms with Gasteiger partial charge in [0.25, 0.3) is 5.91 Å². The number of anilines is 1. The Bertz CT molecular complexity index is 564. The number of hydrogen-bond donors (Lipinski definition) is 1. The van der Waals surface area contributed by atoms with Gasteiger partial charge >= 0.3 is 0 Å². The van der Waals surface area contributed by atoms with Gasteiger partial charge < -0.3 is 33.8 Å². The van der Waals surface area contributed by atoms with E-state index in [1.54, 1.807) is 0 Å². The minimum Gasteiger partial charge on any atom is -1.00 e. The second-order valence-electron chi connectivity index (χ2n) is 8.85. The molecule has 0 aromatic heterocycles. The first-order valence-corrected chi connectivity index (χ1v) is 12.2. The topological polar surface area (TPSA) is 29.1 Å². The molecule has 0 unspecified atom stereocenters. The van der Waals surface area contributed by atoms with Gasteiger partial charge in [-0.1, -0.05) is 76.5 Å². The largest absolute Gasteiger partial charge is 1.00 e. The van der Waals surface area contributed by atoms with Crippen LogP contribution in [-0.2, 0) is 4.79 Å². The number of nitrogens with one attached hydrogen (secondary N) is 1. The number of hydrogen-bond acceptors (Lipinski definition) is 1. The van der Waals surface area contributed by atoms with Gasteiger partial charge in [-0.2, -0.15) is 0 Å². The fourth-order valence-electron chi connectivity index (χ4n) is 4.27. The van der Waals surface area contributed by atoms with Crippen LogP contribution in [0.2, 0.25) is 0 Å². The molecule has 0 saturated heterocycles. The fraction of sp³-hybridized carbons (Fsp3) is 0.731. The molecule has 1 rings (SSSR count). The minimum absolute atomic E-state index is 0. The molecule has 0 heterocycles. The Balaban J connectivity index is 0.00000841. The highest BCUT2D eigenvalue weighted by Gasteiger charge is 2.26. The van der Waals surface area contributed by atoms with Gasteiger partial charge in [0, 0.05) is 5.69 Å². The molecule has 1 N–H and O–H groups in total. The van der Waals surface area contributed by atoms with Crippen molar-refractivity contribution >= 4 is 11.6 Å². The van der Waals surface area contributed by atoms with E-state index in [9.17, 15) is 4.79 Å². The van der Waals surface area contributed by atoms with E-state index < -0.39 is 0 Å². The molecule has 0 atom stereocenters. The molecule has 1 aromatic rings. The molecule has 30 heavy (non-hydrogen) atoms. The highest BCUT2D eigenvalue weighted by atomic mass is 127. The molecule has 0 aliphatic carbocycles. The number of nitrogens with zero attached hydrogens (tertiary/aromatic N) is 1. The molecule has 174 valence electrons. The van der Waals surface area contributed by atoms with Crippen LogP contribution in [0.4, 0.5) is 5.69 Å². The number of likely N-dealkylation sites (N-methyl/N-ethyl adjacent to an activating group) is 1. The first-order chi connectivity index (χ1) is 14.0. The van der Waals surface area contributed by atoms with Crippen molar-refractivity contribution < 1.29 is 33.3 Å². The number of carbonyl (C=O) groups is 1. The number of unbranched alkanes of at least 4 members (excludes halogenated alkanes) is 9. The van der Waals surface area contributed by atoms with Crippen molar-refractivity contribution in [2.24, 2.45) is 0 Å². The second-order valence-corrected chi connectivity index (χ2v) is 8.85. The standard InChI is InChI=1S/C26H46N2O.HI/c1-6-9-10-11-12-13-14-15-16-17-21-28(7-2,8-3)22-25(29)27-26-23(4)19-18-20-24(26)5;/h18-20H,6-17,21-22H2,1-5H3;1H. The summed E-state index contributed by atoms with van der Waals surface area (Å²) in [6, 6.07) is 6.17. The number of quaternary nitrogens is 1. The molecular weight excluding hydrogens is 483 g/mol. The number of para-hydroxylation sites is 1. The average Bonchev–Trinajstić information content (AvgIpc) is 2.71. The van der Waals surface area contributed by atoms with Gasteiger partial charge in [0.15, 0.2) is 6.54 Å². The first-order valence-electron chi connectivity index (χ1n) is 12.2. The van der Waals surface area contributed by atoms with E-state index in [4.69, 9.17) is 0 Å². The van der Waals surface area contributed by atoms with Crippen LogP contribution in [0.3, 0.4) is 0 Å². The monoisotopic (exact) mass is 530 g/mol. The number of amides is 1. The molecule has 1 amide bonds. The van der Waals surface area contributed by atoms with E-state index in [0.29, 0.717) is 6.54 Å². The van der Waals surface area contributed by atoms with Crippen molar-refractivity contribution in [1.82, 2.24) is 0 Å². The molecule has 0 fully saturated rings. The highest BCUT2D eigenvalue weighted by Crippen LogP contribution is 2.20. The smallest absolute Gasteiger partial charge is 0.279 e. The SMILES string of the molecule is CCCCCCCCCCCC[N+](CC)(CC)CC(=O)Nc1c(C)cccc1C.[I-]. The quantitative estimate of drug-likeness (QED) is 0.195. The van der Waals surface area contributed by atoms with Crippen LogP contribution in [0.25, 0.3) is 0 Å². The predicted octanol–water partition coefficient (Wildman–Crippen LogP) is 4.02. The lowest BCUT2D eigenvalue weighted by Gasteiger charge is -2.36. The van der Waals surface area contributed by atoms with Crippen molar-refractivity contribution in [2.45, 2.75) is 98.8 Å². The Hall–Kier alpha value is -0.620. The number of rotatable bonds is 16. The van der Waals surface area contributed by atoms with E-state index in [1.807, 2.05) is 6.07 Å². The van der Waals surface area contributed by atoms with Crippen LogP contribution in [-0.4, -0.2) is 36.6 Å². The Morgan fingerprint density at radius 3 is 1.73 bits per heavy atom. The van der Waals surface area contributed by atoms with Gasteiger partial charge in [-0.25, -0.2) is 0 Å². The van der Waals surface area contributed by atoms with Gasteiger partial charge in [0.1, 0.15) is 0 Å². The molecule has 0 aliphatic rings. The first kappa shape index (κ1) is 29.4. The predicted molar refractivity (Wildman–Crippen MR) is 127 cm³/mol. The van der Waals surface area contributed by atoms with Gasteiger partial charge in [-0.05, 0) is 51.7 Å². The molecule has 0 bridgehead atoms. The Kier molecular flexibility index (Phi) is 16.6. The van der Waals surface area contributed by atoms with E-state index >= 15 is 0 Å². The molecule has 0 radical (unpaired) electrons. The lowest BCUT2D eigenvalue weighted by Crippen LogP contribution is -3.00. The third kappa shape index (κ3) is 11.1. The third-order valence-corrected chi connectivity index (χ3v) is 6.55. The number of carbonyl (C=O) groups excluding carboxylic acids is 1. The van der Waals surface area contributed by atoms with Crippen molar-refractivity contribution in [3.05, 3.63) is 29.3 Å². The van der Waals surface area contributed by atoms with E-state index in [2.05, 4.69) is 52.1 Å². The zero-order chi connectivity index (χ0) is 21.5. The van der Waals surface area contributed by atoms with Crippen LogP contribution in [0.1, 0.15) is 96.1 Å². The molecule has 1 aromatic carbocycles. The summed E-state index contributed by atoms with van der Waals surface area (Å²) in [7, 11) is 0. The zero-order valence-electron chi connectivity index (χ0n) is 20.4. The van der Waals surface area contributed by atoms with Crippen molar-refractivity contribution in [3.63, 3.8) is 0 Å². The van der Waals surface area contributed by atoms with Crippen molar-refractivity contribution in [3.8, 4) is 0 Å². The van der Waals surface area contributed by atoms with Crippen LogP contribution in [0.5, 0.6) is 0 Å². The normalized spacial score (nSPS) is 11.2. The fourth-order valence-corrected chi connectivity index (χ4v) is 4.27. The summed E-state index contributed by atoms with van der Waals surface area (Å²) >= 11 is 0. The van der Waals surface area contributed by atoms with Gasteiger partial charge in [0.05, 0.1) is 19.6 Å². The molecule has 0 saturated carbocycles. The van der Waals surface area contributed by atoms with Crippen LogP contribution < -0.4 is 29.3 Å². The summed E-state index contributed by atoms with van der Waals surface area (Å²) in [5.74, 6) is 0.151. The van der Waals surface area contributed by atoms with Gasteiger partial charge in [-0.15, -0.1) is 0 Å². The van der Waals surface area contributed by atoms with E-state index in [0.717, 1.165) is 40.9 Å². The van der Waals surface area contributed by atoms with E-state index in [-0.39, 0.29) is 29.9 Å². The maximum Gasteiger partial charge on any atom is 0.279 e.